The van der Waals surface area contributed by atoms with Crippen LogP contribution in [0.2, 0.25) is 0 Å². The first-order valence-electron chi connectivity index (χ1n) is 2.76. The molecule has 0 saturated heterocycles. The minimum absolute atomic E-state index is 0.654. The van der Waals surface area contributed by atoms with Crippen LogP contribution in [0.4, 0.5) is 0 Å². The van der Waals surface area contributed by atoms with Crippen LogP contribution in [0.25, 0.3) is 11.4 Å². The van der Waals surface area contributed by atoms with Gasteiger partial charge in [0.1, 0.15) is 0 Å². The molecule has 3 nitrogen and oxygen atoms in total. The van der Waals surface area contributed by atoms with E-state index in [2.05, 4.69) is 14.7 Å². The van der Waals surface area contributed by atoms with E-state index in [1.165, 1.54) is 6.39 Å². The predicted molar refractivity (Wildman–Crippen MR) is 37.6 cm³/mol. The lowest BCUT2D eigenvalue weighted by Crippen LogP contribution is -1.72. The van der Waals surface area contributed by atoms with Crippen LogP contribution < -0.4 is 0 Å². The molecule has 0 aliphatic carbocycles. The summed E-state index contributed by atoms with van der Waals surface area (Å²) in [5.74, 6) is 0.654. The summed E-state index contributed by atoms with van der Waals surface area (Å²) in [6.07, 6.45) is 1.33. The molecule has 0 fully saturated rings. The Labute approximate surface area is 61.3 Å². The van der Waals surface area contributed by atoms with E-state index in [0.29, 0.717) is 5.82 Å². The van der Waals surface area contributed by atoms with Crippen molar-refractivity contribution in [1.82, 2.24) is 10.1 Å². The van der Waals surface area contributed by atoms with E-state index in [1.807, 2.05) is 16.8 Å². The van der Waals surface area contributed by atoms with Crippen LogP contribution in [0.5, 0.6) is 0 Å². The molecule has 0 radical (unpaired) electrons. The van der Waals surface area contributed by atoms with Gasteiger partial charge in [0.15, 0.2) is 0 Å². The Morgan fingerprint density at radius 2 is 2.50 bits per heavy atom. The van der Waals surface area contributed by atoms with Crippen LogP contribution in [0, 0.1) is 0 Å². The van der Waals surface area contributed by atoms with Gasteiger partial charge in [-0.05, 0) is 11.4 Å². The first kappa shape index (κ1) is 5.61. The Hall–Kier alpha value is -1.16. The van der Waals surface area contributed by atoms with Crippen LogP contribution in [0.15, 0.2) is 27.7 Å². The maximum absolute atomic E-state index is 4.58. The van der Waals surface area contributed by atoms with Crippen molar-refractivity contribution in [3.63, 3.8) is 0 Å². The van der Waals surface area contributed by atoms with E-state index in [1.54, 1.807) is 11.3 Å². The fourth-order valence-corrected chi connectivity index (χ4v) is 1.32. The number of thiophene rings is 1. The monoisotopic (exact) mass is 152 g/mol. The Bertz CT molecular complexity index is 255. The van der Waals surface area contributed by atoms with Gasteiger partial charge in [-0.15, -0.1) is 0 Å². The summed E-state index contributed by atoms with van der Waals surface area (Å²) in [4.78, 5) is 3.89. The Kier molecular flexibility index (Phi) is 1.25. The normalized spacial score (nSPS) is 10.0. The second-order valence-corrected chi connectivity index (χ2v) is 2.55. The highest BCUT2D eigenvalue weighted by Gasteiger charge is 2.00. The van der Waals surface area contributed by atoms with Crippen LogP contribution in [-0.4, -0.2) is 10.1 Å². The highest BCUT2D eigenvalue weighted by molar-refractivity contribution is 7.08. The highest BCUT2D eigenvalue weighted by Crippen LogP contribution is 2.16. The van der Waals surface area contributed by atoms with Crippen molar-refractivity contribution in [1.29, 1.82) is 0 Å². The number of rotatable bonds is 1. The standard InChI is InChI=1S/C6H4N2OS/c1-2-10-3-5(1)6-7-4-9-8-6/h1-4H. The second-order valence-electron chi connectivity index (χ2n) is 1.77. The largest absolute Gasteiger partial charge is 0.342 e. The molecule has 2 aromatic heterocycles. The first-order valence-corrected chi connectivity index (χ1v) is 3.70. The van der Waals surface area contributed by atoms with Gasteiger partial charge in [-0.2, -0.15) is 16.3 Å². The molecular weight excluding hydrogens is 148 g/mol. The van der Waals surface area contributed by atoms with Crippen LogP contribution >= 0.6 is 11.3 Å². The van der Waals surface area contributed by atoms with Gasteiger partial charge in [0, 0.05) is 10.9 Å². The van der Waals surface area contributed by atoms with Crippen LogP contribution in [0.1, 0.15) is 0 Å². The van der Waals surface area contributed by atoms with Crippen molar-refractivity contribution >= 4 is 11.3 Å². The summed E-state index contributed by atoms with van der Waals surface area (Å²) in [7, 11) is 0. The fraction of sp³-hybridized carbons (Fsp3) is 0. The molecule has 0 spiro atoms. The average Bonchev–Trinajstić information content (AvgIpc) is 2.59. The molecule has 0 aliphatic heterocycles. The van der Waals surface area contributed by atoms with Crippen LogP contribution in [0.3, 0.4) is 0 Å². The molecular formula is C6H4N2OS. The van der Waals surface area contributed by atoms with Gasteiger partial charge in [-0.1, -0.05) is 5.16 Å². The van der Waals surface area contributed by atoms with Gasteiger partial charge >= 0.3 is 0 Å². The van der Waals surface area contributed by atoms with E-state index >= 15 is 0 Å². The number of aromatic nitrogens is 2. The van der Waals surface area contributed by atoms with Gasteiger partial charge < -0.3 is 4.52 Å². The van der Waals surface area contributed by atoms with Crippen molar-refractivity contribution in [2.24, 2.45) is 0 Å². The van der Waals surface area contributed by atoms with E-state index in [9.17, 15) is 0 Å². The quantitative estimate of drug-likeness (QED) is 0.625. The molecule has 0 atom stereocenters. The maximum atomic E-state index is 4.58. The zero-order chi connectivity index (χ0) is 6.81. The molecule has 0 aromatic carbocycles. The lowest BCUT2D eigenvalue weighted by molar-refractivity contribution is 0.419. The van der Waals surface area contributed by atoms with E-state index in [4.69, 9.17) is 0 Å². The number of nitrogens with zero attached hydrogens (tertiary/aromatic N) is 2. The molecule has 0 aliphatic rings. The number of hydrogen-bond acceptors (Lipinski definition) is 4. The molecule has 2 aromatic rings. The van der Waals surface area contributed by atoms with Crippen molar-refractivity contribution in [3.05, 3.63) is 23.2 Å². The lowest BCUT2D eigenvalue weighted by Gasteiger charge is -1.80. The molecule has 0 bridgehead atoms. The third-order valence-electron chi connectivity index (χ3n) is 1.14. The van der Waals surface area contributed by atoms with Gasteiger partial charge in [-0.3, -0.25) is 0 Å². The third-order valence-corrected chi connectivity index (χ3v) is 1.82. The molecule has 50 valence electrons. The first-order chi connectivity index (χ1) is 4.97. The van der Waals surface area contributed by atoms with Gasteiger partial charge in [0.25, 0.3) is 0 Å². The molecule has 2 heterocycles. The molecule has 10 heavy (non-hydrogen) atoms. The molecule has 4 heteroatoms. The van der Waals surface area contributed by atoms with Crippen molar-refractivity contribution in [2.75, 3.05) is 0 Å². The topological polar surface area (TPSA) is 38.9 Å². The third kappa shape index (κ3) is 0.823. The molecule has 0 unspecified atom stereocenters. The average molecular weight is 152 g/mol. The van der Waals surface area contributed by atoms with Crippen molar-refractivity contribution in [3.8, 4) is 11.4 Å². The zero-order valence-electron chi connectivity index (χ0n) is 5.02. The SMILES string of the molecule is c1nc(-c2ccsc2)no1. The zero-order valence-corrected chi connectivity index (χ0v) is 5.84. The summed E-state index contributed by atoms with van der Waals surface area (Å²) in [6.45, 7) is 0. The summed E-state index contributed by atoms with van der Waals surface area (Å²) < 4.78 is 4.58. The molecule has 0 N–H and O–H groups in total. The van der Waals surface area contributed by atoms with Gasteiger partial charge in [0.05, 0.1) is 0 Å². The summed E-state index contributed by atoms with van der Waals surface area (Å²) in [5, 5.41) is 7.63. The van der Waals surface area contributed by atoms with Crippen molar-refractivity contribution < 1.29 is 4.52 Å². The molecule has 0 amide bonds. The number of hydrogen-bond donors (Lipinski definition) is 0. The van der Waals surface area contributed by atoms with Gasteiger partial charge in [0.2, 0.25) is 12.2 Å². The Morgan fingerprint density at radius 1 is 1.50 bits per heavy atom. The fourth-order valence-electron chi connectivity index (χ4n) is 0.689. The van der Waals surface area contributed by atoms with Gasteiger partial charge in [-0.25, -0.2) is 0 Å². The second kappa shape index (κ2) is 2.22. The smallest absolute Gasteiger partial charge is 0.214 e. The molecule has 0 saturated carbocycles. The molecule has 2 rings (SSSR count). The Morgan fingerprint density at radius 3 is 3.10 bits per heavy atom. The lowest BCUT2D eigenvalue weighted by atomic mass is 10.3. The van der Waals surface area contributed by atoms with Crippen molar-refractivity contribution in [2.45, 2.75) is 0 Å². The minimum atomic E-state index is 0.654. The predicted octanol–water partition coefficient (Wildman–Crippen LogP) is 1.80. The van der Waals surface area contributed by atoms with E-state index < -0.39 is 0 Å². The highest BCUT2D eigenvalue weighted by atomic mass is 32.1. The summed E-state index contributed by atoms with van der Waals surface area (Å²) in [5.41, 5.74) is 1.01. The van der Waals surface area contributed by atoms with E-state index in [0.717, 1.165) is 5.56 Å². The van der Waals surface area contributed by atoms with Crippen LogP contribution in [-0.2, 0) is 0 Å². The summed E-state index contributed by atoms with van der Waals surface area (Å²) >= 11 is 1.62. The Balaban J connectivity index is 2.48. The minimum Gasteiger partial charge on any atom is -0.342 e. The maximum Gasteiger partial charge on any atom is 0.214 e. The summed E-state index contributed by atoms with van der Waals surface area (Å²) in [6, 6.07) is 1.95. The van der Waals surface area contributed by atoms with E-state index in [-0.39, 0.29) is 0 Å².